The lowest BCUT2D eigenvalue weighted by atomic mass is 10.2. The minimum atomic E-state index is -3.88. The zero-order valence-electron chi connectivity index (χ0n) is 15.9. The number of aromatic nitrogens is 2. The topological polar surface area (TPSA) is 90.3 Å². The van der Waals surface area contributed by atoms with Crippen molar-refractivity contribution in [2.24, 2.45) is 5.92 Å². The molecule has 26 heavy (non-hydrogen) atoms. The molecule has 0 spiro atoms. The van der Waals surface area contributed by atoms with E-state index >= 15 is 0 Å². The number of nitrogens with one attached hydrogen (secondary N) is 1. The minimum Gasteiger partial charge on any atom is -0.462 e. The fraction of sp³-hybridized carbons (Fsp3) is 0.529. The van der Waals surface area contributed by atoms with E-state index in [-0.39, 0.29) is 22.1 Å². The van der Waals surface area contributed by atoms with Crippen molar-refractivity contribution < 1.29 is 17.9 Å². The highest BCUT2D eigenvalue weighted by Gasteiger charge is 2.28. The number of thiophene rings is 1. The first-order valence-corrected chi connectivity index (χ1v) is 10.8. The van der Waals surface area contributed by atoms with E-state index in [1.54, 1.807) is 37.8 Å². The van der Waals surface area contributed by atoms with Gasteiger partial charge in [-0.2, -0.15) is 5.10 Å². The molecule has 0 bridgehead atoms. The second kappa shape index (κ2) is 7.79. The summed E-state index contributed by atoms with van der Waals surface area (Å²) in [5.41, 5.74) is 1.94. The maximum absolute atomic E-state index is 13.0. The molecule has 0 unspecified atom stereocenters. The van der Waals surface area contributed by atoms with Crippen molar-refractivity contribution >= 4 is 32.3 Å². The first kappa shape index (κ1) is 20.4. The highest BCUT2D eigenvalue weighted by molar-refractivity contribution is 7.93. The van der Waals surface area contributed by atoms with Crippen molar-refractivity contribution in [3.63, 3.8) is 0 Å². The summed E-state index contributed by atoms with van der Waals surface area (Å²) in [4.78, 5) is 12.3. The maximum Gasteiger partial charge on any atom is 0.341 e. The van der Waals surface area contributed by atoms with Crippen molar-refractivity contribution in [3.8, 4) is 0 Å². The number of sulfonamides is 1. The smallest absolute Gasteiger partial charge is 0.341 e. The minimum absolute atomic E-state index is 0.152. The van der Waals surface area contributed by atoms with E-state index in [1.807, 2.05) is 13.8 Å². The second-order valence-electron chi connectivity index (χ2n) is 6.52. The number of aryl methyl sites for hydroxylation is 2. The summed E-state index contributed by atoms with van der Waals surface area (Å²) < 4.78 is 35.2. The van der Waals surface area contributed by atoms with Crippen molar-refractivity contribution in [3.05, 3.63) is 27.9 Å². The lowest BCUT2D eigenvalue weighted by Gasteiger charge is -2.10. The summed E-state index contributed by atoms with van der Waals surface area (Å²) >= 11 is 1.16. The van der Waals surface area contributed by atoms with E-state index in [0.717, 1.165) is 11.3 Å². The van der Waals surface area contributed by atoms with Crippen LogP contribution in [0, 0.1) is 26.7 Å². The lowest BCUT2D eigenvalue weighted by Crippen LogP contribution is -2.17. The zero-order valence-corrected chi connectivity index (χ0v) is 17.5. The predicted molar refractivity (Wildman–Crippen MR) is 102 cm³/mol. The van der Waals surface area contributed by atoms with Crippen LogP contribution in [0.1, 0.15) is 48.1 Å². The summed E-state index contributed by atoms with van der Waals surface area (Å²) in [6.45, 7) is 11.8. The van der Waals surface area contributed by atoms with Gasteiger partial charge < -0.3 is 4.74 Å². The van der Waals surface area contributed by atoms with Gasteiger partial charge in [0, 0.05) is 6.54 Å². The second-order valence-corrected chi connectivity index (χ2v) is 9.02. The van der Waals surface area contributed by atoms with Crippen molar-refractivity contribution in [2.75, 3.05) is 11.3 Å². The molecular formula is C17H25N3O4S2. The fourth-order valence-corrected chi connectivity index (χ4v) is 5.41. The van der Waals surface area contributed by atoms with E-state index in [9.17, 15) is 13.2 Å². The Morgan fingerprint density at radius 1 is 1.35 bits per heavy atom. The van der Waals surface area contributed by atoms with Crippen molar-refractivity contribution in [1.29, 1.82) is 0 Å². The first-order valence-electron chi connectivity index (χ1n) is 8.40. The number of hydrogen-bond acceptors (Lipinski definition) is 6. The number of nitrogens with zero attached hydrogens (tertiary/aromatic N) is 2. The number of carbonyl (C=O) groups excluding carboxylic acids is 1. The fourth-order valence-electron chi connectivity index (χ4n) is 2.74. The van der Waals surface area contributed by atoms with Crippen LogP contribution in [0.4, 0.5) is 5.00 Å². The molecule has 0 saturated carbocycles. The Labute approximate surface area is 158 Å². The Bertz CT molecular complexity index is 911. The van der Waals surface area contributed by atoms with Gasteiger partial charge in [0.15, 0.2) is 0 Å². The van der Waals surface area contributed by atoms with Crippen LogP contribution in [0.3, 0.4) is 0 Å². The van der Waals surface area contributed by atoms with Gasteiger partial charge in [-0.25, -0.2) is 13.2 Å². The van der Waals surface area contributed by atoms with Gasteiger partial charge >= 0.3 is 5.97 Å². The largest absolute Gasteiger partial charge is 0.462 e. The van der Waals surface area contributed by atoms with Crippen LogP contribution in [-0.4, -0.2) is 30.8 Å². The zero-order chi connectivity index (χ0) is 19.6. The van der Waals surface area contributed by atoms with Crippen LogP contribution in [0.5, 0.6) is 0 Å². The van der Waals surface area contributed by atoms with Gasteiger partial charge in [0.25, 0.3) is 10.0 Å². The van der Waals surface area contributed by atoms with Gasteiger partial charge in [0.05, 0.1) is 23.6 Å². The standard InChI is InChI=1S/C17H25N3O4S2/c1-7-24-17(21)14-11(4)9-25-16(14)19-26(22,23)15-12(5)18-20(13(15)6)8-10(2)3/h9-10,19H,7-8H2,1-6H3. The Morgan fingerprint density at radius 2 is 2.00 bits per heavy atom. The Morgan fingerprint density at radius 3 is 2.58 bits per heavy atom. The molecule has 2 rings (SSSR count). The molecule has 9 heteroatoms. The van der Waals surface area contributed by atoms with E-state index in [1.165, 1.54) is 0 Å². The van der Waals surface area contributed by atoms with Crippen LogP contribution in [0.15, 0.2) is 10.3 Å². The molecule has 0 amide bonds. The number of anilines is 1. The molecular weight excluding hydrogens is 374 g/mol. The van der Waals surface area contributed by atoms with Crippen LogP contribution in [0.25, 0.3) is 0 Å². The SMILES string of the molecule is CCOC(=O)c1c(C)csc1NS(=O)(=O)c1c(C)nn(CC(C)C)c1C. The third-order valence-corrected chi connectivity index (χ3v) is 6.55. The van der Waals surface area contributed by atoms with Crippen LogP contribution in [0.2, 0.25) is 0 Å². The third kappa shape index (κ3) is 4.09. The summed E-state index contributed by atoms with van der Waals surface area (Å²) in [5, 5.41) is 6.35. The highest BCUT2D eigenvalue weighted by atomic mass is 32.2. The maximum atomic E-state index is 13.0. The normalized spacial score (nSPS) is 11.8. The number of carbonyl (C=O) groups is 1. The summed E-state index contributed by atoms with van der Waals surface area (Å²) in [6.07, 6.45) is 0. The molecule has 2 aromatic heterocycles. The average Bonchev–Trinajstić information content (AvgIpc) is 2.99. The van der Waals surface area contributed by atoms with Crippen molar-refractivity contribution in [2.45, 2.75) is 53.0 Å². The molecule has 144 valence electrons. The molecule has 1 N–H and O–H groups in total. The predicted octanol–water partition coefficient (Wildman–Crippen LogP) is 3.50. The highest BCUT2D eigenvalue weighted by Crippen LogP contribution is 2.32. The van der Waals surface area contributed by atoms with Gasteiger partial charge in [-0.05, 0) is 44.6 Å². The van der Waals surface area contributed by atoms with Crippen molar-refractivity contribution in [1.82, 2.24) is 9.78 Å². The monoisotopic (exact) mass is 399 g/mol. The molecule has 0 aromatic carbocycles. The Kier molecular flexibility index (Phi) is 6.13. The Hall–Kier alpha value is -1.87. The average molecular weight is 400 g/mol. The van der Waals surface area contributed by atoms with Gasteiger partial charge in [-0.15, -0.1) is 11.3 Å². The first-order chi connectivity index (χ1) is 12.1. The van der Waals surface area contributed by atoms with Gasteiger partial charge in [-0.3, -0.25) is 9.40 Å². The van der Waals surface area contributed by atoms with Crippen LogP contribution < -0.4 is 4.72 Å². The summed E-state index contributed by atoms with van der Waals surface area (Å²) in [6, 6.07) is 0. The Balaban J connectivity index is 2.42. The molecule has 0 atom stereocenters. The van der Waals surface area contributed by atoms with E-state index in [0.29, 0.717) is 29.4 Å². The quantitative estimate of drug-likeness (QED) is 0.720. The number of esters is 1. The van der Waals surface area contributed by atoms with Gasteiger partial charge in [0.1, 0.15) is 9.90 Å². The molecule has 2 aromatic rings. The van der Waals surface area contributed by atoms with Crippen LogP contribution in [-0.2, 0) is 21.3 Å². The molecule has 7 nitrogen and oxygen atoms in total. The molecule has 0 saturated heterocycles. The van der Waals surface area contributed by atoms with Gasteiger partial charge in [0.2, 0.25) is 0 Å². The van der Waals surface area contributed by atoms with E-state index < -0.39 is 16.0 Å². The molecule has 0 aliphatic rings. The van der Waals surface area contributed by atoms with Gasteiger partial charge in [-0.1, -0.05) is 13.8 Å². The van der Waals surface area contributed by atoms with Crippen LogP contribution >= 0.6 is 11.3 Å². The van der Waals surface area contributed by atoms with E-state index in [4.69, 9.17) is 4.74 Å². The summed E-state index contributed by atoms with van der Waals surface area (Å²) in [7, 11) is -3.88. The third-order valence-electron chi connectivity index (χ3n) is 3.80. The van der Waals surface area contributed by atoms with E-state index in [2.05, 4.69) is 9.82 Å². The number of rotatable bonds is 7. The molecule has 0 fully saturated rings. The lowest BCUT2D eigenvalue weighted by molar-refractivity contribution is 0.0527. The summed E-state index contributed by atoms with van der Waals surface area (Å²) in [5.74, 6) is -0.195. The molecule has 0 radical (unpaired) electrons. The number of ether oxygens (including phenoxy) is 1. The molecule has 0 aliphatic carbocycles. The number of hydrogen-bond donors (Lipinski definition) is 1. The molecule has 2 heterocycles. The molecule has 0 aliphatic heterocycles.